The first-order valence-electron chi connectivity index (χ1n) is 9.77. The Hall–Kier alpha value is -2.97. The Morgan fingerprint density at radius 1 is 0.900 bits per heavy atom. The molecule has 30 heavy (non-hydrogen) atoms. The number of nitrogens with zero attached hydrogens (tertiary/aromatic N) is 2. The summed E-state index contributed by atoms with van der Waals surface area (Å²) in [6.45, 7) is 4.33. The van der Waals surface area contributed by atoms with E-state index in [1.165, 1.54) is 9.21 Å². The Morgan fingerprint density at radius 2 is 1.53 bits per heavy atom. The zero-order valence-corrected chi connectivity index (χ0v) is 17.7. The lowest BCUT2D eigenvalue weighted by molar-refractivity contribution is -0.127. The molecule has 0 bridgehead atoms. The molecule has 8 heteroatoms. The zero-order chi connectivity index (χ0) is 21.5. The summed E-state index contributed by atoms with van der Waals surface area (Å²) in [6.07, 6.45) is 0. The number of aromatic nitrogens is 1. The van der Waals surface area contributed by atoms with E-state index in [2.05, 4.69) is 4.98 Å². The van der Waals surface area contributed by atoms with Crippen LogP contribution in [0, 0.1) is 13.8 Å². The van der Waals surface area contributed by atoms with Gasteiger partial charge in [-0.1, -0.05) is 35.9 Å². The highest BCUT2D eigenvalue weighted by Gasteiger charge is 2.33. The average Bonchev–Trinajstić information content (AvgIpc) is 3.08. The molecule has 3 aromatic rings. The monoisotopic (exact) mass is 425 g/mol. The number of sulfonamides is 1. The van der Waals surface area contributed by atoms with Crippen molar-refractivity contribution in [1.82, 2.24) is 14.2 Å². The maximum absolute atomic E-state index is 12.9. The third-order valence-corrected chi connectivity index (χ3v) is 7.41. The first-order valence-corrected chi connectivity index (χ1v) is 11.2. The molecule has 1 fully saturated rings. The van der Waals surface area contributed by atoms with Crippen LogP contribution in [0.1, 0.15) is 21.6 Å². The molecule has 0 radical (unpaired) electrons. The molecule has 0 atom stereocenters. The summed E-state index contributed by atoms with van der Waals surface area (Å²) in [7, 11) is -3.62. The maximum atomic E-state index is 12.9. The summed E-state index contributed by atoms with van der Waals surface area (Å²) in [4.78, 5) is 30.6. The van der Waals surface area contributed by atoms with Crippen LogP contribution in [0.25, 0.3) is 10.9 Å². The predicted octanol–water partition coefficient (Wildman–Crippen LogP) is 2.50. The molecule has 2 heterocycles. The smallest absolute Gasteiger partial charge is 0.295 e. The van der Waals surface area contributed by atoms with Gasteiger partial charge in [0.05, 0.1) is 10.5 Å². The Kier molecular flexibility index (Phi) is 5.21. The highest BCUT2D eigenvalue weighted by molar-refractivity contribution is 7.89. The van der Waals surface area contributed by atoms with E-state index in [0.717, 1.165) is 11.1 Å². The van der Waals surface area contributed by atoms with Crippen molar-refractivity contribution in [3.8, 4) is 0 Å². The van der Waals surface area contributed by atoms with Crippen molar-refractivity contribution in [2.75, 3.05) is 26.2 Å². The Bertz CT molecular complexity index is 1220. The summed E-state index contributed by atoms with van der Waals surface area (Å²) in [5.74, 6) is -1.17. The van der Waals surface area contributed by atoms with Crippen LogP contribution in [-0.2, 0) is 14.8 Å². The standard InChI is InChI=1S/C22H23N3O4S/c1-15-7-9-17(10-8-15)30(28,29)25-13-11-24(12-14-25)22(27)21(26)20-16(2)23-19-6-4-3-5-18(19)20/h3-10,23H,11-14H2,1-2H3. The number of carbonyl (C=O) groups is 2. The number of nitrogens with one attached hydrogen (secondary N) is 1. The van der Waals surface area contributed by atoms with Gasteiger partial charge in [0.25, 0.3) is 11.7 Å². The normalized spacial score (nSPS) is 15.5. The summed E-state index contributed by atoms with van der Waals surface area (Å²) < 4.78 is 27.0. The molecule has 1 aliphatic heterocycles. The maximum Gasteiger partial charge on any atom is 0.295 e. The number of ketones is 1. The lowest BCUT2D eigenvalue weighted by Crippen LogP contribution is -2.52. The molecular formula is C22H23N3O4S. The summed E-state index contributed by atoms with van der Waals surface area (Å²) >= 11 is 0. The van der Waals surface area contributed by atoms with E-state index in [0.29, 0.717) is 16.6 Å². The number of H-pyrrole nitrogens is 1. The fourth-order valence-corrected chi connectivity index (χ4v) is 5.23. The number of benzene rings is 2. The first-order chi connectivity index (χ1) is 14.3. The lowest BCUT2D eigenvalue weighted by atomic mass is 10.1. The van der Waals surface area contributed by atoms with Crippen LogP contribution in [0.3, 0.4) is 0 Å². The predicted molar refractivity (Wildman–Crippen MR) is 114 cm³/mol. The van der Waals surface area contributed by atoms with Gasteiger partial charge in [-0.15, -0.1) is 0 Å². The highest BCUT2D eigenvalue weighted by atomic mass is 32.2. The topological polar surface area (TPSA) is 90.6 Å². The minimum atomic E-state index is -3.62. The molecule has 1 amide bonds. The number of piperazine rings is 1. The molecule has 4 rings (SSSR count). The van der Waals surface area contributed by atoms with E-state index in [1.807, 2.05) is 31.2 Å². The van der Waals surface area contributed by atoms with Gasteiger partial charge in [0.1, 0.15) is 0 Å². The molecule has 1 aromatic heterocycles. The molecule has 156 valence electrons. The van der Waals surface area contributed by atoms with Gasteiger partial charge in [0.15, 0.2) is 0 Å². The molecular weight excluding hydrogens is 402 g/mol. The molecule has 7 nitrogen and oxygen atoms in total. The van der Waals surface area contributed by atoms with Gasteiger partial charge in [-0.3, -0.25) is 9.59 Å². The lowest BCUT2D eigenvalue weighted by Gasteiger charge is -2.33. The van der Waals surface area contributed by atoms with Gasteiger partial charge in [-0.2, -0.15) is 4.31 Å². The van der Waals surface area contributed by atoms with E-state index in [4.69, 9.17) is 0 Å². The van der Waals surface area contributed by atoms with Crippen LogP contribution in [0.4, 0.5) is 0 Å². The van der Waals surface area contributed by atoms with Crippen LogP contribution in [-0.4, -0.2) is 60.5 Å². The second-order valence-corrected chi connectivity index (χ2v) is 9.45. The molecule has 0 aliphatic carbocycles. The molecule has 0 unspecified atom stereocenters. The van der Waals surface area contributed by atoms with E-state index in [9.17, 15) is 18.0 Å². The third-order valence-electron chi connectivity index (χ3n) is 5.50. The van der Waals surface area contributed by atoms with Gasteiger partial charge in [-0.25, -0.2) is 8.42 Å². The number of hydrogen-bond acceptors (Lipinski definition) is 4. The second-order valence-electron chi connectivity index (χ2n) is 7.51. The van der Waals surface area contributed by atoms with Gasteiger partial charge in [0, 0.05) is 42.8 Å². The van der Waals surface area contributed by atoms with Crippen LogP contribution >= 0.6 is 0 Å². The second kappa shape index (κ2) is 7.70. The summed E-state index contributed by atoms with van der Waals surface area (Å²) in [6, 6.07) is 14.1. The number of aryl methyl sites for hydroxylation is 2. The largest absolute Gasteiger partial charge is 0.358 e. The van der Waals surface area contributed by atoms with E-state index < -0.39 is 21.7 Å². The quantitative estimate of drug-likeness (QED) is 0.514. The Labute approximate surface area is 175 Å². The van der Waals surface area contributed by atoms with Crippen molar-refractivity contribution in [3.05, 3.63) is 65.4 Å². The molecule has 0 spiro atoms. The average molecular weight is 426 g/mol. The van der Waals surface area contributed by atoms with Crippen molar-refractivity contribution in [2.45, 2.75) is 18.7 Å². The zero-order valence-electron chi connectivity index (χ0n) is 16.9. The highest BCUT2D eigenvalue weighted by Crippen LogP contribution is 2.24. The van der Waals surface area contributed by atoms with Crippen molar-refractivity contribution in [1.29, 1.82) is 0 Å². The van der Waals surface area contributed by atoms with Crippen LogP contribution in [0.2, 0.25) is 0 Å². The molecule has 0 saturated carbocycles. The van der Waals surface area contributed by atoms with Gasteiger partial charge in [-0.05, 0) is 32.0 Å². The minimum absolute atomic E-state index is 0.155. The number of hydrogen-bond donors (Lipinski definition) is 1. The minimum Gasteiger partial charge on any atom is -0.358 e. The first kappa shape index (κ1) is 20.3. The van der Waals surface area contributed by atoms with Crippen molar-refractivity contribution in [3.63, 3.8) is 0 Å². The van der Waals surface area contributed by atoms with Crippen molar-refractivity contribution < 1.29 is 18.0 Å². The molecule has 1 saturated heterocycles. The van der Waals surface area contributed by atoms with E-state index in [-0.39, 0.29) is 31.1 Å². The Balaban J connectivity index is 1.48. The van der Waals surface area contributed by atoms with Gasteiger partial charge >= 0.3 is 0 Å². The fraction of sp³-hybridized carbons (Fsp3) is 0.273. The van der Waals surface area contributed by atoms with E-state index in [1.54, 1.807) is 31.2 Å². The molecule has 2 aromatic carbocycles. The van der Waals surface area contributed by atoms with Gasteiger partial charge < -0.3 is 9.88 Å². The number of Topliss-reactive ketones (excluding diaryl/α,β-unsaturated/α-hetero) is 1. The van der Waals surface area contributed by atoms with Crippen LogP contribution in [0.15, 0.2) is 53.4 Å². The van der Waals surface area contributed by atoms with Crippen LogP contribution in [0.5, 0.6) is 0 Å². The number of rotatable bonds is 4. The number of amides is 1. The molecule has 1 N–H and O–H groups in total. The Morgan fingerprint density at radius 3 is 2.20 bits per heavy atom. The van der Waals surface area contributed by atoms with Crippen LogP contribution < -0.4 is 0 Å². The fourth-order valence-electron chi connectivity index (χ4n) is 3.81. The van der Waals surface area contributed by atoms with Crippen molar-refractivity contribution >= 4 is 32.6 Å². The summed E-state index contributed by atoms with van der Waals surface area (Å²) in [5, 5.41) is 0.717. The van der Waals surface area contributed by atoms with Crippen molar-refractivity contribution in [2.24, 2.45) is 0 Å². The number of carbonyl (C=O) groups excluding carboxylic acids is 2. The third kappa shape index (κ3) is 3.53. The van der Waals surface area contributed by atoms with Gasteiger partial charge in [0.2, 0.25) is 10.0 Å². The SMILES string of the molecule is Cc1ccc(S(=O)(=O)N2CCN(C(=O)C(=O)c3c(C)[nH]c4ccccc34)CC2)cc1. The number of aromatic amines is 1. The van der Waals surface area contributed by atoms with E-state index >= 15 is 0 Å². The number of fused-ring (bicyclic) bond motifs is 1. The molecule has 1 aliphatic rings. The number of para-hydroxylation sites is 1. The summed E-state index contributed by atoms with van der Waals surface area (Å²) in [5.41, 5.74) is 2.82.